The molecular weight excluding hydrogens is 266 g/mol. The third-order valence-corrected chi connectivity index (χ3v) is 4.26. The molecule has 6 atom stereocenters. The molecule has 5 nitrogen and oxygen atoms in total. The fourth-order valence-corrected chi connectivity index (χ4v) is 3.06. The lowest BCUT2D eigenvalue weighted by Gasteiger charge is -2.42. The van der Waals surface area contributed by atoms with E-state index in [1.165, 1.54) is 11.8 Å². The molecule has 0 aromatic heterocycles. The van der Waals surface area contributed by atoms with Gasteiger partial charge in [0.15, 0.2) is 0 Å². The van der Waals surface area contributed by atoms with E-state index in [9.17, 15) is 15.3 Å². The van der Waals surface area contributed by atoms with Gasteiger partial charge in [-0.15, -0.1) is 24.9 Å². The molecule has 0 radical (unpaired) electrons. The Kier molecular flexibility index (Phi) is 7.06. The summed E-state index contributed by atoms with van der Waals surface area (Å²) in [6.45, 7) is 7.21. The number of aliphatic hydroxyl groups excluding tert-OH is 3. The first-order valence-corrected chi connectivity index (χ1v) is 7.36. The molecule has 0 bridgehead atoms. The normalized spacial score (nSPS) is 36.7. The predicted molar refractivity (Wildman–Crippen MR) is 76.7 cm³/mol. The van der Waals surface area contributed by atoms with Crippen LogP contribution in [0.2, 0.25) is 0 Å². The summed E-state index contributed by atoms with van der Waals surface area (Å²) in [7, 11) is 0. The van der Waals surface area contributed by atoms with Crippen LogP contribution < -0.4 is 5.73 Å². The molecule has 5 N–H and O–H groups in total. The van der Waals surface area contributed by atoms with Crippen LogP contribution in [0.4, 0.5) is 0 Å². The minimum absolute atomic E-state index is 0.461. The van der Waals surface area contributed by atoms with Gasteiger partial charge in [0.1, 0.15) is 29.9 Å². The van der Waals surface area contributed by atoms with Crippen molar-refractivity contribution < 1.29 is 20.1 Å². The lowest BCUT2D eigenvalue weighted by Crippen LogP contribution is -2.61. The Morgan fingerprint density at radius 1 is 1.16 bits per heavy atom. The molecule has 1 unspecified atom stereocenters. The molecule has 19 heavy (non-hydrogen) atoms. The highest BCUT2D eigenvalue weighted by Crippen LogP contribution is 2.30. The van der Waals surface area contributed by atoms with E-state index in [0.717, 1.165) is 12.2 Å². The Morgan fingerprint density at radius 2 is 1.84 bits per heavy atom. The maximum absolute atomic E-state index is 9.92. The number of allylic oxidation sites excluding steroid dienone is 1. The molecule has 0 aromatic carbocycles. The molecule has 1 rings (SSSR count). The summed E-state index contributed by atoms with van der Waals surface area (Å²) in [5.74, 6) is 0.720. The molecule has 6 heteroatoms. The van der Waals surface area contributed by atoms with Crippen LogP contribution in [0.25, 0.3) is 0 Å². The number of hydrogen-bond acceptors (Lipinski definition) is 6. The third-order valence-electron chi connectivity index (χ3n) is 3.07. The van der Waals surface area contributed by atoms with Crippen LogP contribution in [-0.4, -0.2) is 57.0 Å². The monoisotopic (exact) mass is 289 g/mol. The molecule has 0 aliphatic carbocycles. The lowest BCUT2D eigenvalue weighted by atomic mass is 9.94. The molecule has 0 aromatic rings. The van der Waals surface area contributed by atoms with Crippen molar-refractivity contribution >= 4 is 11.8 Å². The summed E-state index contributed by atoms with van der Waals surface area (Å²) in [4.78, 5) is 0. The minimum atomic E-state index is -1.25. The van der Waals surface area contributed by atoms with Crippen molar-refractivity contribution in [3.05, 3.63) is 25.3 Å². The number of thioether (sulfide) groups is 1. The summed E-state index contributed by atoms with van der Waals surface area (Å²) < 4.78 is 5.64. The van der Waals surface area contributed by atoms with Gasteiger partial charge in [-0.25, -0.2) is 0 Å². The predicted octanol–water partition coefficient (Wildman–Crippen LogP) is 0.00670. The maximum atomic E-state index is 9.92. The standard InChI is InChI=1S/C13H23NO4S/c1-3-5-7-19-13-11(17)9(15)10(16)12(18-13)8(14)6-4-2/h3-4,8-13,15-17H,1-2,5-7,14H2/t8?,9-,10+,11+,12+,13+/m0/s1. The number of ether oxygens (including phenoxy) is 1. The molecule has 1 aliphatic heterocycles. The summed E-state index contributed by atoms with van der Waals surface area (Å²) in [6.07, 6.45) is 0.368. The molecule has 1 saturated heterocycles. The Hall–Kier alpha value is -0.370. The highest BCUT2D eigenvalue weighted by atomic mass is 32.2. The topological polar surface area (TPSA) is 95.9 Å². The smallest absolute Gasteiger partial charge is 0.132 e. The summed E-state index contributed by atoms with van der Waals surface area (Å²) in [6, 6.07) is -0.461. The first-order valence-electron chi connectivity index (χ1n) is 6.31. The van der Waals surface area contributed by atoms with Gasteiger partial charge in [-0.05, 0) is 18.6 Å². The van der Waals surface area contributed by atoms with E-state index in [1.807, 2.05) is 0 Å². The lowest BCUT2D eigenvalue weighted by molar-refractivity contribution is -0.202. The zero-order valence-corrected chi connectivity index (χ0v) is 11.7. The Labute approximate surface area is 118 Å². The van der Waals surface area contributed by atoms with Gasteiger partial charge in [0, 0.05) is 6.04 Å². The molecule has 1 aliphatic rings. The average Bonchev–Trinajstić information content (AvgIpc) is 2.39. The van der Waals surface area contributed by atoms with Crippen LogP contribution >= 0.6 is 11.8 Å². The highest BCUT2D eigenvalue weighted by Gasteiger charge is 2.45. The molecule has 0 saturated carbocycles. The number of nitrogens with two attached hydrogens (primary N) is 1. The Morgan fingerprint density at radius 3 is 2.42 bits per heavy atom. The second-order valence-electron chi connectivity index (χ2n) is 4.58. The maximum Gasteiger partial charge on any atom is 0.132 e. The van der Waals surface area contributed by atoms with Crippen LogP contribution in [0.3, 0.4) is 0 Å². The van der Waals surface area contributed by atoms with E-state index in [2.05, 4.69) is 13.2 Å². The van der Waals surface area contributed by atoms with Gasteiger partial charge in [0.05, 0.1) is 0 Å². The van der Waals surface area contributed by atoms with Crippen LogP contribution in [0, 0.1) is 0 Å². The molecular formula is C13H23NO4S. The van der Waals surface area contributed by atoms with Crippen molar-refractivity contribution in [2.24, 2.45) is 5.73 Å². The fourth-order valence-electron chi connectivity index (χ4n) is 1.96. The van der Waals surface area contributed by atoms with Crippen LogP contribution in [0.15, 0.2) is 25.3 Å². The van der Waals surface area contributed by atoms with Crippen molar-refractivity contribution in [2.45, 2.75) is 48.7 Å². The van der Waals surface area contributed by atoms with Crippen molar-refractivity contribution in [3.63, 3.8) is 0 Å². The fraction of sp³-hybridized carbons (Fsp3) is 0.692. The van der Waals surface area contributed by atoms with E-state index >= 15 is 0 Å². The quantitative estimate of drug-likeness (QED) is 0.389. The van der Waals surface area contributed by atoms with E-state index in [4.69, 9.17) is 10.5 Å². The van der Waals surface area contributed by atoms with E-state index < -0.39 is 35.9 Å². The summed E-state index contributed by atoms with van der Waals surface area (Å²) in [5.41, 5.74) is 5.30. The molecule has 1 heterocycles. The zero-order chi connectivity index (χ0) is 14.4. The van der Waals surface area contributed by atoms with Crippen molar-refractivity contribution in [1.82, 2.24) is 0 Å². The van der Waals surface area contributed by atoms with Crippen molar-refractivity contribution in [3.8, 4) is 0 Å². The minimum Gasteiger partial charge on any atom is -0.388 e. The zero-order valence-electron chi connectivity index (χ0n) is 10.9. The third kappa shape index (κ3) is 4.30. The Bertz CT molecular complexity index is 302. The van der Waals surface area contributed by atoms with E-state index in [1.54, 1.807) is 12.2 Å². The first kappa shape index (κ1) is 16.7. The van der Waals surface area contributed by atoms with E-state index in [0.29, 0.717) is 6.42 Å². The van der Waals surface area contributed by atoms with E-state index in [-0.39, 0.29) is 0 Å². The Balaban J connectivity index is 2.67. The second-order valence-corrected chi connectivity index (χ2v) is 5.78. The number of rotatable bonds is 7. The molecule has 1 fully saturated rings. The SMILES string of the molecule is C=CCCS[C@H]1O[C@H](C(N)CC=C)[C@H](O)[C@H](O)[C@H]1O. The first-order chi connectivity index (χ1) is 9.02. The second kappa shape index (κ2) is 8.04. The van der Waals surface area contributed by atoms with Gasteiger partial charge in [-0.3, -0.25) is 0 Å². The molecule has 0 spiro atoms. The van der Waals surface area contributed by atoms with Gasteiger partial charge in [0.2, 0.25) is 0 Å². The van der Waals surface area contributed by atoms with Crippen LogP contribution in [0.1, 0.15) is 12.8 Å². The summed E-state index contributed by atoms with van der Waals surface area (Å²) in [5, 5.41) is 29.7. The number of hydrogen-bond donors (Lipinski definition) is 4. The average molecular weight is 289 g/mol. The van der Waals surface area contributed by atoms with Gasteiger partial charge < -0.3 is 25.8 Å². The van der Waals surface area contributed by atoms with Crippen LogP contribution in [0.5, 0.6) is 0 Å². The number of aliphatic hydroxyl groups is 3. The molecule has 0 amide bonds. The van der Waals surface area contributed by atoms with Crippen LogP contribution in [-0.2, 0) is 4.74 Å². The van der Waals surface area contributed by atoms with Crippen molar-refractivity contribution in [2.75, 3.05) is 5.75 Å². The van der Waals surface area contributed by atoms with Gasteiger partial charge in [-0.2, -0.15) is 0 Å². The summed E-state index contributed by atoms with van der Waals surface area (Å²) >= 11 is 1.38. The highest BCUT2D eigenvalue weighted by molar-refractivity contribution is 7.99. The largest absolute Gasteiger partial charge is 0.388 e. The molecule has 110 valence electrons. The van der Waals surface area contributed by atoms with Crippen molar-refractivity contribution in [1.29, 1.82) is 0 Å². The van der Waals surface area contributed by atoms with Gasteiger partial charge in [0.25, 0.3) is 0 Å². The van der Waals surface area contributed by atoms with Gasteiger partial charge >= 0.3 is 0 Å². The van der Waals surface area contributed by atoms with Gasteiger partial charge in [-0.1, -0.05) is 12.2 Å².